The third-order valence-corrected chi connectivity index (χ3v) is 5.54. The van der Waals surface area contributed by atoms with Crippen molar-refractivity contribution in [2.75, 3.05) is 0 Å². The first-order chi connectivity index (χ1) is 15.6. The predicted molar refractivity (Wildman–Crippen MR) is 131 cm³/mol. The maximum atomic E-state index is 12.4. The SMILES string of the molecule is Cc1cc2nc(-c3cccnc3)ccc2c(-c2ccc(Cl)cc2)c1C(OC(C)(C)C)C(=O)O. The largest absolute Gasteiger partial charge is 0.479 e. The maximum Gasteiger partial charge on any atom is 0.337 e. The minimum atomic E-state index is -1.14. The molecule has 0 saturated carbocycles. The minimum Gasteiger partial charge on any atom is -0.479 e. The summed E-state index contributed by atoms with van der Waals surface area (Å²) in [5.41, 5.74) is 4.86. The molecule has 6 heteroatoms. The van der Waals surface area contributed by atoms with Crippen molar-refractivity contribution >= 4 is 28.5 Å². The molecule has 0 saturated heterocycles. The Morgan fingerprint density at radius 1 is 1.06 bits per heavy atom. The summed E-state index contributed by atoms with van der Waals surface area (Å²) >= 11 is 6.14. The molecular weight excluding hydrogens is 436 g/mol. The molecule has 2 aromatic heterocycles. The molecule has 0 aliphatic carbocycles. The molecule has 0 aliphatic rings. The summed E-state index contributed by atoms with van der Waals surface area (Å²) in [6, 6.07) is 17.0. The number of hydrogen-bond donors (Lipinski definition) is 1. The van der Waals surface area contributed by atoms with Gasteiger partial charge in [0, 0.05) is 33.9 Å². The molecule has 0 aliphatic heterocycles. The average Bonchev–Trinajstić information content (AvgIpc) is 2.77. The lowest BCUT2D eigenvalue weighted by atomic mass is 9.88. The highest BCUT2D eigenvalue weighted by atomic mass is 35.5. The van der Waals surface area contributed by atoms with Crippen LogP contribution in [0.4, 0.5) is 0 Å². The van der Waals surface area contributed by atoms with Crippen molar-refractivity contribution in [1.82, 2.24) is 9.97 Å². The number of ether oxygens (including phenoxy) is 1. The first-order valence-electron chi connectivity index (χ1n) is 10.7. The maximum absolute atomic E-state index is 12.4. The molecule has 1 N–H and O–H groups in total. The molecule has 168 valence electrons. The van der Waals surface area contributed by atoms with Crippen LogP contribution in [-0.2, 0) is 9.53 Å². The van der Waals surface area contributed by atoms with Crippen molar-refractivity contribution in [2.24, 2.45) is 0 Å². The second-order valence-electron chi connectivity index (χ2n) is 8.94. The smallest absolute Gasteiger partial charge is 0.337 e. The molecule has 5 nitrogen and oxygen atoms in total. The third kappa shape index (κ3) is 4.90. The number of aromatic nitrogens is 2. The van der Waals surface area contributed by atoms with Crippen LogP contribution >= 0.6 is 11.6 Å². The quantitative estimate of drug-likeness (QED) is 0.352. The number of aliphatic carboxylic acids is 1. The number of carbonyl (C=O) groups is 1. The van der Waals surface area contributed by atoms with Crippen LogP contribution in [0, 0.1) is 6.92 Å². The Hall–Kier alpha value is -3.28. The number of halogens is 1. The molecule has 4 aromatic rings. The van der Waals surface area contributed by atoms with Crippen molar-refractivity contribution in [1.29, 1.82) is 0 Å². The molecule has 0 bridgehead atoms. The van der Waals surface area contributed by atoms with Gasteiger partial charge in [-0.2, -0.15) is 0 Å². The highest BCUT2D eigenvalue weighted by molar-refractivity contribution is 6.30. The normalized spacial score (nSPS) is 12.6. The molecule has 4 rings (SSSR count). The third-order valence-electron chi connectivity index (χ3n) is 5.29. The van der Waals surface area contributed by atoms with Crippen molar-refractivity contribution < 1.29 is 14.6 Å². The Bertz CT molecular complexity index is 1310. The molecule has 2 heterocycles. The molecule has 1 unspecified atom stereocenters. The second-order valence-corrected chi connectivity index (χ2v) is 9.38. The number of carboxylic acid groups (broad SMARTS) is 1. The van der Waals surface area contributed by atoms with Crippen LogP contribution in [0.5, 0.6) is 0 Å². The fourth-order valence-electron chi connectivity index (χ4n) is 3.95. The molecule has 33 heavy (non-hydrogen) atoms. The van der Waals surface area contributed by atoms with Crippen molar-refractivity contribution in [3.8, 4) is 22.4 Å². The molecule has 0 spiro atoms. The first-order valence-corrected chi connectivity index (χ1v) is 11.0. The summed E-state index contributed by atoms with van der Waals surface area (Å²) in [7, 11) is 0. The number of fused-ring (bicyclic) bond motifs is 1. The van der Waals surface area contributed by atoms with Gasteiger partial charge in [0.1, 0.15) is 0 Å². The lowest BCUT2D eigenvalue weighted by molar-refractivity contribution is -0.160. The number of hydrogen-bond acceptors (Lipinski definition) is 4. The van der Waals surface area contributed by atoms with Gasteiger partial charge in [-0.3, -0.25) is 4.98 Å². The number of rotatable bonds is 5. The highest BCUT2D eigenvalue weighted by Gasteiger charge is 2.31. The van der Waals surface area contributed by atoms with E-state index in [0.29, 0.717) is 10.6 Å². The Balaban J connectivity index is 2.02. The summed E-state index contributed by atoms with van der Waals surface area (Å²) in [6.45, 7) is 7.45. The van der Waals surface area contributed by atoms with E-state index in [0.717, 1.165) is 38.9 Å². The van der Waals surface area contributed by atoms with E-state index in [-0.39, 0.29) is 0 Å². The molecule has 0 radical (unpaired) electrons. The average molecular weight is 461 g/mol. The number of nitrogens with zero attached hydrogens (tertiary/aromatic N) is 2. The molecule has 0 fully saturated rings. The lowest BCUT2D eigenvalue weighted by Gasteiger charge is -2.28. The number of carboxylic acids is 1. The summed E-state index contributed by atoms with van der Waals surface area (Å²) in [4.78, 5) is 21.4. The van der Waals surface area contributed by atoms with Gasteiger partial charge in [0.25, 0.3) is 0 Å². The Morgan fingerprint density at radius 2 is 1.79 bits per heavy atom. The van der Waals surface area contributed by atoms with E-state index in [4.69, 9.17) is 21.3 Å². The first kappa shape index (κ1) is 22.9. The summed E-state index contributed by atoms with van der Waals surface area (Å²) < 4.78 is 6.04. The van der Waals surface area contributed by atoms with E-state index in [1.807, 2.05) is 70.2 Å². The number of aryl methyl sites for hydroxylation is 1. The monoisotopic (exact) mass is 460 g/mol. The van der Waals surface area contributed by atoms with Gasteiger partial charge < -0.3 is 9.84 Å². The van der Waals surface area contributed by atoms with Gasteiger partial charge in [-0.15, -0.1) is 0 Å². The van der Waals surface area contributed by atoms with Crippen LogP contribution in [-0.4, -0.2) is 26.6 Å². The Morgan fingerprint density at radius 3 is 2.39 bits per heavy atom. The standard InChI is InChI=1S/C27H25ClN2O3/c1-16-14-22-20(11-12-21(30-22)18-6-5-13-29-15-18)24(17-7-9-19(28)10-8-17)23(16)25(26(31)32)33-27(2,3)4/h5-15,25H,1-4H3,(H,31,32). The fourth-order valence-corrected chi connectivity index (χ4v) is 4.07. The van der Waals surface area contributed by atoms with E-state index in [1.54, 1.807) is 24.5 Å². The van der Waals surface area contributed by atoms with E-state index in [2.05, 4.69) is 4.98 Å². The van der Waals surface area contributed by atoms with Crippen LogP contribution in [0.15, 0.2) is 67.0 Å². The van der Waals surface area contributed by atoms with Crippen molar-refractivity contribution in [2.45, 2.75) is 39.4 Å². The Kier molecular flexibility index (Phi) is 6.19. The zero-order valence-electron chi connectivity index (χ0n) is 19.0. The summed E-state index contributed by atoms with van der Waals surface area (Å²) in [5, 5.41) is 11.6. The van der Waals surface area contributed by atoms with Gasteiger partial charge in [0.05, 0.1) is 16.8 Å². The minimum absolute atomic E-state index is 0.606. The molecule has 2 aromatic carbocycles. The van der Waals surface area contributed by atoms with Crippen LogP contribution in [0.25, 0.3) is 33.3 Å². The summed E-state index contributed by atoms with van der Waals surface area (Å²) in [5.74, 6) is -1.04. The Labute approximate surface area is 198 Å². The van der Waals surface area contributed by atoms with E-state index in [9.17, 15) is 9.90 Å². The van der Waals surface area contributed by atoms with Crippen LogP contribution < -0.4 is 0 Å². The fraction of sp³-hybridized carbons (Fsp3) is 0.222. The van der Waals surface area contributed by atoms with E-state index < -0.39 is 17.7 Å². The molecule has 1 atom stereocenters. The van der Waals surface area contributed by atoms with Crippen molar-refractivity contribution in [3.05, 3.63) is 83.1 Å². The number of benzene rings is 2. The van der Waals surface area contributed by atoms with Crippen molar-refractivity contribution in [3.63, 3.8) is 0 Å². The van der Waals surface area contributed by atoms with E-state index in [1.165, 1.54) is 0 Å². The molecular formula is C27H25ClN2O3. The van der Waals surface area contributed by atoms with Crippen LogP contribution in [0.1, 0.15) is 38.0 Å². The number of pyridine rings is 2. The van der Waals surface area contributed by atoms with Gasteiger partial charge >= 0.3 is 5.97 Å². The van der Waals surface area contributed by atoms with Gasteiger partial charge in [-0.25, -0.2) is 9.78 Å². The topological polar surface area (TPSA) is 72.3 Å². The zero-order chi connectivity index (χ0) is 23.8. The van der Waals surface area contributed by atoms with E-state index >= 15 is 0 Å². The van der Waals surface area contributed by atoms with Gasteiger partial charge in [0.15, 0.2) is 6.10 Å². The van der Waals surface area contributed by atoms with Crippen LogP contribution in [0.2, 0.25) is 5.02 Å². The zero-order valence-corrected chi connectivity index (χ0v) is 19.7. The lowest BCUT2D eigenvalue weighted by Crippen LogP contribution is -2.28. The van der Waals surface area contributed by atoms with Gasteiger partial charge in [-0.1, -0.05) is 29.8 Å². The second kappa shape index (κ2) is 8.93. The van der Waals surface area contributed by atoms with Gasteiger partial charge in [0.2, 0.25) is 0 Å². The molecule has 0 amide bonds. The predicted octanol–water partition coefficient (Wildman–Crippen LogP) is 6.87. The van der Waals surface area contributed by atoms with Crippen LogP contribution in [0.3, 0.4) is 0 Å². The highest BCUT2D eigenvalue weighted by Crippen LogP contribution is 2.41. The summed E-state index contributed by atoms with van der Waals surface area (Å²) in [6.07, 6.45) is 2.35. The van der Waals surface area contributed by atoms with Gasteiger partial charge in [-0.05, 0) is 80.8 Å².